The number of nitrogens with zero attached hydrogens (tertiary/aromatic N) is 6. The zero-order valence-corrected chi connectivity index (χ0v) is 28.4. The zero-order valence-electron chi connectivity index (χ0n) is 22.2. The number of benzene rings is 2. The molecule has 0 saturated carbocycles. The average molecular weight is 696 g/mol. The van der Waals surface area contributed by atoms with Crippen molar-refractivity contribution in [2.75, 3.05) is 24.9 Å². The van der Waals surface area contributed by atoms with Crippen LogP contribution in [0, 0.1) is 0 Å². The Bertz CT molecular complexity index is 1780. The number of rotatable bonds is 10. The molecule has 2 aromatic heterocycles. The van der Waals surface area contributed by atoms with Gasteiger partial charge in [-0.05, 0) is 58.6 Å². The Morgan fingerprint density at radius 2 is 1.16 bits per heavy atom. The normalized spacial score (nSPS) is 11.6. The maximum absolute atomic E-state index is 12.2. The van der Waals surface area contributed by atoms with Crippen LogP contribution in [-0.4, -0.2) is 70.1 Å². The van der Waals surface area contributed by atoms with Crippen LogP contribution >= 0.6 is 23.2 Å². The molecule has 0 bridgehead atoms. The van der Waals surface area contributed by atoms with Gasteiger partial charge in [0.05, 0.1) is 19.1 Å². The Labute approximate surface area is 297 Å². The number of ether oxygens (including phenoxy) is 2. The van der Waals surface area contributed by atoms with Gasteiger partial charge in [0, 0.05) is 11.4 Å². The molecule has 43 heavy (non-hydrogen) atoms. The molecular weight excluding hydrogens is 678 g/mol. The molecule has 4 aromatic rings. The Morgan fingerprint density at radius 3 is 1.56 bits per heavy atom. The van der Waals surface area contributed by atoms with Crippen molar-refractivity contribution in [3.05, 3.63) is 58.1 Å². The molecule has 220 valence electrons. The smallest absolute Gasteiger partial charge is 0.744 e. The Kier molecular flexibility index (Phi) is 11.8. The molecule has 21 heteroatoms. The molecule has 0 spiro atoms. The first-order chi connectivity index (χ1) is 19.7. The summed E-state index contributed by atoms with van der Waals surface area (Å²) in [6, 6.07) is 7.30. The number of aromatic nitrogens is 6. The summed E-state index contributed by atoms with van der Waals surface area (Å²) in [5, 5.41) is 5.02. The van der Waals surface area contributed by atoms with Gasteiger partial charge in [0.25, 0.3) is 10.1 Å². The van der Waals surface area contributed by atoms with Crippen molar-refractivity contribution in [2.24, 2.45) is 0 Å². The molecule has 3 N–H and O–H groups in total. The topological polar surface area (TPSA) is 231 Å². The molecule has 2 aromatic carbocycles. The minimum atomic E-state index is -5.03. The van der Waals surface area contributed by atoms with Gasteiger partial charge in [0.15, 0.2) is 0 Å². The third-order valence-corrected chi connectivity index (χ3v) is 7.21. The first-order valence-corrected chi connectivity index (χ1v) is 14.7. The van der Waals surface area contributed by atoms with Gasteiger partial charge in [0.1, 0.15) is 15.0 Å². The Morgan fingerprint density at radius 1 is 0.744 bits per heavy atom. The second-order valence-corrected chi connectivity index (χ2v) is 11.3. The number of methoxy groups -OCH3 is 2. The number of anilines is 4. The molecule has 0 saturated heterocycles. The summed E-state index contributed by atoms with van der Waals surface area (Å²) >= 11 is 11.6. The van der Waals surface area contributed by atoms with Gasteiger partial charge in [-0.25, -0.2) is 8.42 Å². The van der Waals surface area contributed by atoms with E-state index in [1.807, 2.05) is 0 Å². The van der Waals surface area contributed by atoms with Crippen LogP contribution in [0.25, 0.3) is 12.2 Å². The number of nitrogens with one attached hydrogen (secondary N) is 2. The molecule has 0 aliphatic rings. The SMILES string of the molecule is COc1nc(Cl)nc(Nc2ccc(/C=C/c3ccc(Nc4nc(Cl)nc(OC)n4)cc3S(=O)(=O)O)c(S(=O)(=O)[O-])c2)n1.[K+]. The van der Waals surface area contributed by atoms with Crippen LogP contribution in [-0.2, 0) is 20.2 Å². The molecule has 4 rings (SSSR count). The quantitative estimate of drug-likeness (QED) is 0.114. The van der Waals surface area contributed by atoms with Crippen LogP contribution in [0.5, 0.6) is 12.0 Å². The van der Waals surface area contributed by atoms with Gasteiger partial charge in [-0.1, -0.05) is 24.3 Å². The third-order valence-electron chi connectivity index (χ3n) is 5.07. The van der Waals surface area contributed by atoms with Crippen molar-refractivity contribution in [2.45, 2.75) is 9.79 Å². The summed E-state index contributed by atoms with van der Waals surface area (Å²) in [5.74, 6) is -0.165. The van der Waals surface area contributed by atoms with Crippen molar-refractivity contribution < 1.29 is 86.8 Å². The maximum Gasteiger partial charge on any atom is 1.00 e. The van der Waals surface area contributed by atoms with E-state index >= 15 is 0 Å². The number of hydrogen-bond donors (Lipinski definition) is 3. The maximum atomic E-state index is 12.2. The van der Waals surface area contributed by atoms with Crippen molar-refractivity contribution in [3.63, 3.8) is 0 Å². The van der Waals surface area contributed by atoms with E-state index < -0.39 is 30.0 Å². The minimum Gasteiger partial charge on any atom is -0.744 e. The average Bonchev–Trinajstić information content (AvgIpc) is 2.91. The van der Waals surface area contributed by atoms with Gasteiger partial charge in [-0.15, -0.1) is 0 Å². The molecule has 0 unspecified atom stereocenters. The van der Waals surface area contributed by atoms with Crippen molar-refractivity contribution in [1.29, 1.82) is 0 Å². The minimum absolute atomic E-state index is 0. The molecule has 0 fully saturated rings. The van der Waals surface area contributed by atoms with Crippen LogP contribution < -0.4 is 71.5 Å². The first-order valence-electron chi connectivity index (χ1n) is 11.1. The predicted molar refractivity (Wildman–Crippen MR) is 149 cm³/mol. The Balaban J connectivity index is 0.00000506. The monoisotopic (exact) mass is 694 g/mol. The van der Waals surface area contributed by atoms with E-state index in [0.29, 0.717) is 0 Å². The fraction of sp³-hybridized carbons (Fsp3) is 0.0909. The third kappa shape index (κ3) is 9.46. The van der Waals surface area contributed by atoms with Crippen LogP contribution in [0.4, 0.5) is 23.3 Å². The summed E-state index contributed by atoms with van der Waals surface area (Å²) in [4.78, 5) is 21.8. The largest absolute Gasteiger partial charge is 1.00 e. The second-order valence-electron chi connectivity index (χ2n) is 7.85. The summed E-state index contributed by atoms with van der Waals surface area (Å²) in [6.45, 7) is 0. The van der Waals surface area contributed by atoms with Crippen LogP contribution in [0.15, 0.2) is 46.2 Å². The van der Waals surface area contributed by atoms with Crippen LogP contribution in [0.2, 0.25) is 10.6 Å². The molecule has 0 atom stereocenters. The first kappa shape index (κ1) is 34.9. The zero-order chi connectivity index (χ0) is 30.7. The van der Waals surface area contributed by atoms with E-state index in [1.54, 1.807) is 0 Å². The van der Waals surface area contributed by atoms with Crippen molar-refractivity contribution in [3.8, 4) is 12.0 Å². The van der Waals surface area contributed by atoms with Gasteiger partial charge in [-0.2, -0.15) is 38.3 Å². The molecular formula is C22H17Cl2KN8O8S2. The Hall–Kier alpha value is -2.56. The standard InChI is InChI=1S/C22H18Cl2N8O8S2.K/c1-39-21-29-17(23)27-19(31-21)25-13-7-5-11(15(9-13)41(33,34)35)3-4-12-6-8-14(10-16(12)42(36,37)38)26-20-28-18(24)30-22(32-20)40-2;/h3-10H,1-2H3,(H,33,34,35)(H,36,37,38)(H,25,27,29,31)(H,26,28,30,32);/q;+1/p-1/b4-3+;. The number of halogens is 2. The van der Waals surface area contributed by atoms with E-state index in [0.717, 1.165) is 12.1 Å². The van der Waals surface area contributed by atoms with Crippen LogP contribution in [0.1, 0.15) is 11.1 Å². The van der Waals surface area contributed by atoms with Crippen LogP contribution in [0.3, 0.4) is 0 Å². The fourth-order valence-electron chi connectivity index (χ4n) is 3.34. The van der Waals surface area contributed by atoms with Crippen molar-refractivity contribution >= 4 is 78.9 Å². The predicted octanol–water partition coefficient (Wildman–Crippen LogP) is 0.193. The second kappa shape index (κ2) is 14.5. The molecule has 16 nitrogen and oxygen atoms in total. The van der Waals surface area contributed by atoms with E-state index in [1.165, 1.54) is 50.6 Å². The fourth-order valence-corrected chi connectivity index (χ4v) is 5.05. The summed E-state index contributed by atoms with van der Waals surface area (Å²) in [5.41, 5.74) is 0.113. The van der Waals surface area contributed by atoms with E-state index in [4.69, 9.17) is 32.7 Å². The van der Waals surface area contributed by atoms with Gasteiger partial charge in [-0.3, -0.25) is 4.55 Å². The van der Waals surface area contributed by atoms with E-state index in [9.17, 15) is 25.9 Å². The van der Waals surface area contributed by atoms with Gasteiger partial charge < -0.3 is 24.7 Å². The molecule has 2 heterocycles. The van der Waals surface area contributed by atoms with E-state index in [-0.39, 0.29) is 108 Å². The molecule has 0 amide bonds. The molecule has 0 aliphatic carbocycles. The van der Waals surface area contributed by atoms with Gasteiger partial charge in [0.2, 0.25) is 22.5 Å². The van der Waals surface area contributed by atoms with Crippen molar-refractivity contribution in [1.82, 2.24) is 29.9 Å². The van der Waals surface area contributed by atoms with Gasteiger partial charge >= 0.3 is 63.4 Å². The summed E-state index contributed by atoms with van der Waals surface area (Å²) < 4.78 is 80.2. The molecule has 0 aliphatic heterocycles. The van der Waals surface area contributed by atoms with E-state index in [2.05, 4.69) is 40.5 Å². The number of hydrogen-bond acceptors (Lipinski definition) is 15. The summed E-state index contributed by atoms with van der Waals surface area (Å²) in [7, 11) is -7.20. The summed E-state index contributed by atoms with van der Waals surface area (Å²) in [6.07, 6.45) is 2.38. The molecule has 0 radical (unpaired) electrons.